The molecule has 2 amide bonds. The summed E-state index contributed by atoms with van der Waals surface area (Å²) in [5.41, 5.74) is 1.44. The molecule has 1 fully saturated rings. The Kier molecular flexibility index (Phi) is 8.72. The van der Waals surface area contributed by atoms with Crippen LogP contribution < -0.4 is 5.32 Å². The predicted octanol–water partition coefficient (Wildman–Crippen LogP) is 6.49. The summed E-state index contributed by atoms with van der Waals surface area (Å²) in [5.74, 6) is -0.639. The lowest BCUT2D eigenvalue weighted by atomic mass is 10.00. The molecule has 2 aromatic carbocycles. The highest BCUT2D eigenvalue weighted by molar-refractivity contribution is 7.94. The molecular formula is C24H31F2N3OS. The van der Waals surface area contributed by atoms with E-state index in [1.807, 2.05) is 35.2 Å². The summed E-state index contributed by atoms with van der Waals surface area (Å²) in [7, 11) is 0. The molecule has 1 N–H and O–H groups in total. The molecule has 0 saturated carbocycles. The fourth-order valence-electron chi connectivity index (χ4n) is 4.22. The highest BCUT2D eigenvalue weighted by Gasteiger charge is 2.29. The average molecular weight is 448 g/mol. The number of halogens is 2. The maximum absolute atomic E-state index is 13.6. The smallest absolute Gasteiger partial charge is 0.317 e. The maximum atomic E-state index is 13.6. The summed E-state index contributed by atoms with van der Waals surface area (Å²) in [4.78, 5) is 17.5. The molecule has 0 aromatic heterocycles. The molecule has 1 aliphatic heterocycles. The van der Waals surface area contributed by atoms with E-state index >= 15 is 0 Å². The van der Waals surface area contributed by atoms with Crippen LogP contribution in [-0.4, -0.2) is 41.0 Å². The van der Waals surface area contributed by atoms with Gasteiger partial charge in [0.15, 0.2) is 0 Å². The second-order valence-corrected chi connectivity index (χ2v) is 8.76. The molecule has 1 unspecified atom stereocenters. The lowest BCUT2D eigenvalue weighted by Gasteiger charge is -2.40. The van der Waals surface area contributed by atoms with Crippen LogP contribution >= 0.6 is 12.1 Å². The third-order valence-corrected chi connectivity index (χ3v) is 6.47. The van der Waals surface area contributed by atoms with Crippen LogP contribution in [0.2, 0.25) is 0 Å². The lowest BCUT2D eigenvalue weighted by molar-refractivity contribution is 0.0989. The van der Waals surface area contributed by atoms with E-state index in [0.717, 1.165) is 31.5 Å². The van der Waals surface area contributed by atoms with Gasteiger partial charge in [-0.25, -0.2) is 9.18 Å². The summed E-state index contributed by atoms with van der Waals surface area (Å²) < 4.78 is 26.6. The highest BCUT2D eigenvalue weighted by atomic mass is 32.2. The van der Waals surface area contributed by atoms with Crippen LogP contribution in [0.1, 0.15) is 45.1 Å². The lowest BCUT2D eigenvalue weighted by Crippen LogP contribution is -2.50. The number of hydrogen-bond donors (Lipinski definition) is 1. The number of benzene rings is 2. The van der Waals surface area contributed by atoms with Gasteiger partial charge in [-0.3, -0.25) is 0 Å². The number of carbonyl (C=O) groups is 1. The van der Waals surface area contributed by atoms with Gasteiger partial charge < -0.3 is 15.1 Å². The minimum atomic E-state index is -0.639. The van der Waals surface area contributed by atoms with Crippen molar-refractivity contribution in [2.24, 2.45) is 0 Å². The summed E-state index contributed by atoms with van der Waals surface area (Å²) in [5, 5.41) is 2.84. The van der Waals surface area contributed by atoms with Gasteiger partial charge in [-0.1, -0.05) is 43.7 Å². The fraction of sp³-hybridized carbons (Fsp3) is 0.458. The zero-order chi connectivity index (χ0) is 22.2. The van der Waals surface area contributed by atoms with Crippen LogP contribution in [0.5, 0.6) is 0 Å². The maximum Gasteiger partial charge on any atom is 0.322 e. The van der Waals surface area contributed by atoms with Gasteiger partial charge in [0, 0.05) is 37.4 Å². The molecule has 31 heavy (non-hydrogen) atoms. The fourth-order valence-corrected chi connectivity index (χ4v) is 4.53. The van der Waals surface area contributed by atoms with E-state index in [1.54, 1.807) is 0 Å². The van der Waals surface area contributed by atoms with E-state index in [0.29, 0.717) is 18.3 Å². The van der Waals surface area contributed by atoms with E-state index in [4.69, 9.17) is 0 Å². The van der Waals surface area contributed by atoms with Crippen LogP contribution in [0.25, 0.3) is 0 Å². The molecule has 0 spiro atoms. The topological polar surface area (TPSA) is 35.6 Å². The Bertz CT molecular complexity index is 844. The zero-order valence-electron chi connectivity index (χ0n) is 18.2. The van der Waals surface area contributed by atoms with Gasteiger partial charge in [-0.2, -0.15) is 3.89 Å². The standard InChI is InChI=1S/C24H31F2N3OS/c1-3-7-18(2)28-14-12-21(13-15-28)29(17-19-8-5-4-6-9-19)24(30)27-20-10-11-22(25)23(16-20)31-26/h4-6,8-11,16,18,21H,3,7,12-15,17H2,1-2H3,(H,27,30). The monoisotopic (exact) mass is 447 g/mol. The second kappa shape index (κ2) is 11.5. The van der Waals surface area contributed by atoms with Crippen molar-refractivity contribution >= 4 is 23.9 Å². The number of urea groups is 1. The first-order valence-electron chi connectivity index (χ1n) is 11.0. The molecular weight excluding hydrogens is 416 g/mol. The zero-order valence-corrected chi connectivity index (χ0v) is 19.0. The molecule has 168 valence electrons. The van der Waals surface area contributed by atoms with Crippen LogP contribution in [0.4, 0.5) is 18.8 Å². The second-order valence-electron chi connectivity index (χ2n) is 8.17. The summed E-state index contributed by atoms with van der Waals surface area (Å²) in [6, 6.07) is 14.3. The van der Waals surface area contributed by atoms with E-state index in [9.17, 15) is 13.1 Å². The highest BCUT2D eigenvalue weighted by Crippen LogP contribution is 2.27. The Hall–Kier alpha value is -2.12. The molecule has 1 aliphatic rings. The Morgan fingerprint density at radius 3 is 2.58 bits per heavy atom. The Morgan fingerprint density at radius 2 is 1.94 bits per heavy atom. The van der Waals surface area contributed by atoms with Crippen LogP contribution in [0.15, 0.2) is 53.4 Å². The first-order valence-corrected chi connectivity index (χ1v) is 11.7. The molecule has 2 aromatic rings. The van der Waals surface area contributed by atoms with Crippen molar-refractivity contribution in [2.45, 2.75) is 63.1 Å². The first-order chi connectivity index (χ1) is 15.0. The third kappa shape index (κ3) is 6.43. The van der Waals surface area contributed by atoms with Crippen LogP contribution in [0.3, 0.4) is 0 Å². The number of hydrogen-bond acceptors (Lipinski definition) is 3. The number of nitrogens with one attached hydrogen (secondary N) is 1. The van der Waals surface area contributed by atoms with Gasteiger partial charge in [0.05, 0.1) is 17.0 Å². The number of nitrogens with zero attached hydrogens (tertiary/aromatic N) is 2. The van der Waals surface area contributed by atoms with Gasteiger partial charge in [-0.05, 0) is 49.9 Å². The summed E-state index contributed by atoms with van der Waals surface area (Å²) in [6.45, 7) is 6.89. The van der Waals surface area contributed by atoms with Crippen molar-refractivity contribution in [1.29, 1.82) is 0 Å². The number of rotatable bonds is 8. The van der Waals surface area contributed by atoms with Gasteiger partial charge in [-0.15, -0.1) is 0 Å². The molecule has 1 heterocycles. The number of piperidine rings is 1. The largest absolute Gasteiger partial charge is 0.322 e. The Labute approximate surface area is 188 Å². The summed E-state index contributed by atoms with van der Waals surface area (Å²) in [6.07, 6.45) is 4.16. The number of likely N-dealkylation sites (tertiary alicyclic amines) is 1. The van der Waals surface area contributed by atoms with Crippen molar-refractivity contribution in [2.75, 3.05) is 18.4 Å². The molecule has 7 heteroatoms. The molecule has 3 rings (SSSR count). The molecule has 0 aliphatic carbocycles. The van der Waals surface area contributed by atoms with Gasteiger partial charge in [0.2, 0.25) is 0 Å². The van der Waals surface area contributed by atoms with E-state index in [-0.39, 0.29) is 29.1 Å². The quantitative estimate of drug-likeness (QED) is 0.502. The predicted molar refractivity (Wildman–Crippen MR) is 123 cm³/mol. The van der Waals surface area contributed by atoms with Crippen molar-refractivity contribution < 1.29 is 13.1 Å². The normalized spacial score (nSPS) is 16.1. The molecule has 1 saturated heterocycles. The SMILES string of the molecule is CCCC(C)N1CCC(N(Cc2ccccc2)C(=O)Nc2ccc(F)c(SF)c2)CC1. The summed E-state index contributed by atoms with van der Waals surface area (Å²) >= 11 is -0.163. The van der Waals surface area contributed by atoms with Crippen molar-refractivity contribution in [3.05, 3.63) is 59.9 Å². The number of anilines is 1. The number of amides is 2. The van der Waals surface area contributed by atoms with Crippen molar-refractivity contribution in [1.82, 2.24) is 9.80 Å². The Morgan fingerprint density at radius 1 is 1.23 bits per heavy atom. The minimum absolute atomic E-state index is 0.112. The molecule has 0 radical (unpaired) electrons. The third-order valence-electron chi connectivity index (χ3n) is 5.99. The van der Waals surface area contributed by atoms with Crippen molar-refractivity contribution in [3.63, 3.8) is 0 Å². The van der Waals surface area contributed by atoms with Gasteiger partial charge in [0.25, 0.3) is 0 Å². The van der Waals surface area contributed by atoms with Crippen LogP contribution in [-0.2, 0) is 6.54 Å². The van der Waals surface area contributed by atoms with Crippen LogP contribution in [0, 0.1) is 5.82 Å². The number of carbonyl (C=O) groups excluding carboxylic acids is 1. The molecule has 4 nitrogen and oxygen atoms in total. The van der Waals surface area contributed by atoms with E-state index < -0.39 is 5.82 Å². The average Bonchev–Trinajstić information content (AvgIpc) is 2.79. The first kappa shape index (κ1) is 23.5. The molecule has 0 bridgehead atoms. The van der Waals surface area contributed by atoms with Gasteiger partial charge in [0.1, 0.15) is 5.82 Å². The molecule has 1 atom stereocenters. The van der Waals surface area contributed by atoms with E-state index in [1.165, 1.54) is 31.0 Å². The minimum Gasteiger partial charge on any atom is -0.317 e. The van der Waals surface area contributed by atoms with Gasteiger partial charge >= 0.3 is 6.03 Å². The van der Waals surface area contributed by atoms with Crippen molar-refractivity contribution in [3.8, 4) is 0 Å². The Balaban J connectivity index is 1.73. The van der Waals surface area contributed by atoms with E-state index in [2.05, 4.69) is 24.1 Å².